The van der Waals surface area contributed by atoms with Crippen LogP contribution >= 0.6 is 0 Å². The Kier molecular flexibility index (Phi) is 5.86. The molecule has 0 fully saturated rings. The van der Waals surface area contributed by atoms with Gasteiger partial charge in [0.25, 0.3) is 0 Å². The fourth-order valence-corrected chi connectivity index (χ4v) is 1.92. The van der Waals surface area contributed by atoms with E-state index in [4.69, 9.17) is 4.74 Å². The molecule has 0 aliphatic carbocycles. The Labute approximate surface area is 120 Å². The molecular weight excluding hydrogens is 250 g/mol. The maximum Gasteiger partial charge on any atom is 0.125 e. The number of ether oxygens (including phenoxy) is 1. The minimum Gasteiger partial charge on any atom is -0.494 e. The lowest BCUT2D eigenvalue weighted by atomic mass is 10.2. The predicted octanol–water partition coefficient (Wildman–Crippen LogP) is 2.68. The maximum absolute atomic E-state index is 5.60. The molecule has 0 spiro atoms. The molecule has 0 saturated heterocycles. The van der Waals surface area contributed by atoms with Crippen molar-refractivity contribution in [3.63, 3.8) is 0 Å². The second-order valence-corrected chi connectivity index (χ2v) is 4.36. The lowest BCUT2D eigenvalue weighted by Crippen LogP contribution is -2.22. The summed E-state index contributed by atoms with van der Waals surface area (Å²) in [7, 11) is 0. The number of anilines is 1. The first kappa shape index (κ1) is 14.3. The van der Waals surface area contributed by atoms with Gasteiger partial charge in [0.2, 0.25) is 0 Å². The average molecular weight is 271 g/mol. The number of hydrogen-bond acceptors (Lipinski definition) is 4. The standard InChI is InChI=1S/C16H21N3O/c1-2-20-15-8-4-3-7-14(15)13-17-11-12-19-16-9-5-6-10-18-16/h3-10,17H,2,11-13H2,1H3,(H,18,19). The molecule has 0 atom stereocenters. The highest BCUT2D eigenvalue weighted by molar-refractivity contribution is 5.34. The zero-order valence-electron chi connectivity index (χ0n) is 11.8. The minimum atomic E-state index is 0.693. The molecular formula is C16H21N3O. The quantitative estimate of drug-likeness (QED) is 0.725. The van der Waals surface area contributed by atoms with Crippen molar-refractivity contribution in [1.82, 2.24) is 10.3 Å². The van der Waals surface area contributed by atoms with Gasteiger partial charge in [0.1, 0.15) is 11.6 Å². The summed E-state index contributed by atoms with van der Waals surface area (Å²) in [6.45, 7) is 5.21. The van der Waals surface area contributed by atoms with Crippen molar-refractivity contribution in [2.24, 2.45) is 0 Å². The maximum atomic E-state index is 5.60. The number of nitrogens with zero attached hydrogens (tertiary/aromatic N) is 1. The van der Waals surface area contributed by atoms with Crippen molar-refractivity contribution >= 4 is 5.82 Å². The number of aromatic nitrogens is 1. The molecule has 0 saturated carbocycles. The summed E-state index contributed by atoms with van der Waals surface area (Å²) in [6.07, 6.45) is 1.79. The summed E-state index contributed by atoms with van der Waals surface area (Å²) in [5, 5.41) is 6.67. The fourth-order valence-electron chi connectivity index (χ4n) is 1.92. The van der Waals surface area contributed by atoms with E-state index in [1.165, 1.54) is 5.56 Å². The first-order valence-corrected chi connectivity index (χ1v) is 6.96. The number of para-hydroxylation sites is 1. The van der Waals surface area contributed by atoms with Crippen molar-refractivity contribution in [2.45, 2.75) is 13.5 Å². The van der Waals surface area contributed by atoms with E-state index in [1.807, 2.05) is 43.3 Å². The lowest BCUT2D eigenvalue weighted by molar-refractivity contribution is 0.335. The van der Waals surface area contributed by atoms with Gasteiger partial charge in [0, 0.05) is 31.4 Å². The van der Waals surface area contributed by atoms with Crippen LogP contribution < -0.4 is 15.4 Å². The van der Waals surface area contributed by atoms with E-state index in [-0.39, 0.29) is 0 Å². The van der Waals surface area contributed by atoms with Gasteiger partial charge in [0.05, 0.1) is 6.61 Å². The topological polar surface area (TPSA) is 46.2 Å². The SMILES string of the molecule is CCOc1ccccc1CNCCNc1ccccn1. The molecule has 0 unspecified atom stereocenters. The third kappa shape index (κ3) is 4.55. The van der Waals surface area contributed by atoms with Gasteiger partial charge >= 0.3 is 0 Å². The normalized spacial score (nSPS) is 10.2. The van der Waals surface area contributed by atoms with Crippen LogP contribution in [0.2, 0.25) is 0 Å². The first-order chi connectivity index (χ1) is 9.90. The molecule has 1 aromatic heterocycles. The van der Waals surface area contributed by atoms with Crippen molar-refractivity contribution in [1.29, 1.82) is 0 Å². The molecule has 4 nitrogen and oxygen atoms in total. The first-order valence-electron chi connectivity index (χ1n) is 6.96. The summed E-state index contributed by atoms with van der Waals surface area (Å²) >= 11 is 0. The molecule has 0 aliphatic rings. The van der Waals surface area contributed by atoms with Crippen molar-refractivity contribution in [3.05, 3.63) is 54.2 Å². The predicted molar refractivity (Wildman–Crippen MR) is 82.0 cm³/mol. The minimum absolute atomic E-state index is 0.693. The molecule has 20 heavy (non-hydrogen) atoms. The monoisotopic (exact) mass is 271 g/mol. The highest BCUT2D eigenvalue weighted by Crippen LogP contribution is 2.17. The zero-order valence-corrected chi connectivity index (χ0v) is 11.8. The Morgan fingerprint density at radius 1 is 1.05 bits per heavy atom. The van der Waals surface area contributed by atoms with E-state index in [0.717, 1.165) is 31.2 Å². The van der Waals surface area contributed by atoms with Crippen LogP contribution in [0.1, 0.15) is 12.5 Å². The van der Waals surface area contributed by atoms with Crippen LogP contribution in [0, 0.1) is 0 Å². The van der Waals surface area contributed by atoms with Crippen molar-refractivity contribution < 1.29 is 4.74 Å². The number of nitrogens with one attached hydrogen (secondary N) is 2. The molecule has 0 amide bonds. The second-order valence-electron chi connectivity index (χ2n) is 4.36. The van der Waals surface area contributed by atoms with Crippen LogP contribution in [0.5, 0.6) is 5.75 Å². The Morgan fingerprint density at radius 2 is 1.90 bits per heavy atom. The fraction of sp³-hybridized carbons (Fsp3) is 0.312. The Balaban J connectivity index is 1.71. The molecule has 0 radical (unpaired) electrons. The summed E-state index contributed by atoms with van der Waals surface area (Å²) in [5.74, 6) is 1.87. The van der Waals surface area contributed by atoms with E-state index in [0.29, 0.717) is 6.61 Å². The molecule has 1 aromatic carbocycles. The number of hydrogen-bond donors (Lipinski definition) is 2. The van der Waals surface area contributed by atoms with E-state index in [2.05, 4.69) is 21.7 Å². The van der Waals surface area contributed by atoms with Gasteiger partial charge in [0.15, 0.2) is 0 Å². The van der Waals surface area contributed by atoms with E-state index < -0.39 is 0 Å². The van der Waals surface area contributed by atoms with Gasteiger partial charge in [-0.05, 0) is 25.1 Å². The largest absolute Gasteiger partial charge is 0.494 e. The number of benzene rings is 1. The number of rotatable bonds is 8. The Morgan fingerprint density at radius 3 is 2.70 bits per heavy atom. The molecule has 106 valence electrons. The van der Waals surface area contributed by atoms with Crippen LogP contribution in [-0.2, 0) is 6.54 Å². The molecule has 2 rings (SSSR count). The van der Waals surface area contributed by atoms with E-state index in [1.54, 1.807) is 6.20 Å². The number of pyridine rings is 1. The highest BCUT2D eigenvalue weighted by atomic mass is 16.5. The van der Waals surface area contributed by atoms with Gasteiger partial charge in [-0.25, -0.2) is 4.98 Å². The molecule has 0 bridgehead atoms. The zero-order chi connectivity index (χ0) is 14.0. The highest BCUT2D eigenvalue weighted by Gasteiger charge is 2.01. The van der Waals surface area contributed by atoms with Crippen LogP contribution in [0.25, 0.3) is 0 Å². The van der Waals surface area contributed by atoms with Crippen LogP contribution in [0.4, 0.5) is 5.82 Å². The summed E-state index contributed by atoms with van der Waals surface area (Å²) < 4.78 is 5.60. The van der Waals surface area contributed by atoms with Gasteiger partial charge < -0.3 is 15.4 Å². The molecule has 2 N–H and O–H groups in total. The summed E-state index contributed by atoms with van der Waals surface area (Å²) in [5.41, 5.74) is 1.19. The molecule has 1 heterocycles. The third-order valence-corrected chi connectivity index (χ3v) is 2.86. The lowest BCUT2D eigenvalue weighted by Gasteiger charge is -2.11. The van der Waals surface area contributed by atoms with Gasteiger partial charge in [-0.1, -0.05) is 24.3 Å². The van der Waals surface area contributed by atoms with Crippen molar-refractivity contribution in [3.8, 4) is 5.75 Å². The van der Waals surface area contributed by atoms with Crippen LogP contribution in [0.15, 0.2) is 48.7 Å². The second kappa shape index (κ2) is 8.17. The molecule has 4 heteroatoms. The van der Waals surface area contributed by atoms with Gasteiger partial charge in [-0.2, -0.15) is 0 Å². The van der Waals surface area contributed by atoms with Crippen LogP contribution in [-0.4, -0.2) is 24.7 Å². The molecule has 0 aliphatic heterocycles. The summed E-state index contributed by atoms with van der Waals surface area (Å²) in [4.78, 5) is 4.21. The van der Waals surface area contributed by atoms with Gasteiger partial charge in [-0.3, -0.25) is 0 Å². The Hall–Kier alpha value is -2.07. The Bertz CT molecular complexity index is 502. The van der Waals surface area contributed by atoms with Crippen molar-refractivity contribution in [2.75, 3.05) is 25.0 Å². The molecule has 2 aromatic rings. The average Bonchev–Trinajstić information content (AvgIpc) is 2.50. The smallest absolute Gasteiger partial charge is 0.125 e. The third-order valence-electron chi connectivity index (χ3n) is 2.86. The van der Waals surface area contributed by atoms with Crippen LogP contribution in [0.3, 0.4) is 0 Å². The van der Waals surface area contributed by atoms with Gasteiger partial charge in [-0.15, -0.1) is 0 Å². The summed E-state index contributed by atoms with van der Waals surface area (Å²) in [6, 6.07) is 14.0. The van der Waals surface area contributed by atoms with E-state index in [9.17, 15) is 0 Å². The van der Waals surface area contributed by atoms with E-state index >= 15 is 0 Å².